The zero-order valence-electron chi connectivity index (χ0n) is 20.3. The molecule has 0 fully saturated rings. The van der Waals surface area contributed by atoms with Crippen molar-refractivity contribution in [1.82, 2.24) is 4.98 Å². The highest BCUT2D eigenvalue weighted by Gasteiger charge is 2.46. The third-order valence-electron chi connectivity index (χ3n) is 5.92. The second kappa shape index (κ2) is 9.96. The van der Waals surface area contributed by atoms with Gasteiger partial charge in [-0.1, -0.05) is 59.8 Å². The summed E-state index contributed by atoms with van der Waals surface area (Å²) in [5.74, 6) is 0.157. The van der Waals surface area contributed by atoms with Gasteiger partial charge in [0.2, 0.25) is 5.91 Å². The zero-order chi connectivity index (χ0) is 24.4. The van der Waals surface area contributed by atoms with Crippen molar-refractivity contribution >= 4 is 40.8 Å². The Morgan fingerprint density at radius 1 is 1.26 bits per heavy atom. The maximum absolute atomic E-state index is 12.3. The second-order valence-corrected chi connectivity index (χ2v) is 17.5. The van der Waals surface area contributed by atoms with Gasteiger partial charge in [-0.25, -0.2) is 4.98 Å². The lowest BCUT2D eigenvalue weighted by atomic mass is 9.96. The Bertz CT molecular complexity index is 859. The molecule has 8 nitrogen and oxygen atoms in total. The largest absolute Gasteiger partial charge is 0.406 e. The molecule has 0 aliphatic carbocycles. The van der Waals surface area contributed by atoms with Gasteiger partial charge >= 0.3 is 0 Å². The number of rotatable bonds is 10. The van der Waals surface area contributed by atoms with Crippen molar-refractivity contribution in [2.75, 3.05) is 18.2 Å². The average Bonchev–Trinajstić information content (AvgIpc) is 3.04. The van der Waals surface area contributed by atoms with Crippen LogP contribution in [0, 0.1) is 11.3 Å². The summed E-state index contributed by atoms with van der Waals surface area (Å²) in [4.78, 5) is 17.1. The Morgan fingerprint density at radius 3 is 2.26 bits per heavy atom. The number of carbonyl (C=O) groups excluding carboxylic acids is 1. The number of hydrogen-bond donors (Lipinski definition) is 2. The first-order chi connectivity index (χ1) is 13.8. The van der Waals surface area contributed by atoms with Crippen LogP contribution in [-0.4, -0.2) is 51.7 Å². The first-order valence-electron chi connectivity index (χ1n) is 10.3. The standard InChI is InChI=1S/C20H38N2O6S2Si/c1-13(2)20(6,7)31(9,10)28-16(14(23)12-27-30(8,25)26)15-11-21-18(29-15)22-17(24)19(3,4)5/h11,13-14,16,23H,12H2,1-10H3,(H,21,22,24)/t14-,16-/m1/s1. The number of aliphatic hydroxyl groups is 1. The number of hydrogen-bond acceptors (Lipinski definition) is 8. The van der Waals surface area contributed by atoms with E-state index in [0.29, 0.717) is 15.9 Å². The Kier molecular flexibility index (Phi) is 9.06. The Morgan fingerprint density at radius 2 is 1.81 bits per heavy atom. The van der Waals surface area contributed by atoms with Crippen LogP contribution in [0.5, 0.6) is 0 Å². The van der Waals surface area contributed by atoms with Gasteiger partial charge < -0.3 is 14.8 Å². The smallest absolute Gasteiger partial charge is 0.264 e. The molecular weight excluding hydrogens is 456 g/mol. The number of aliphatic hydroxyl groups excluding tert-OH is 1. The number of anilines is 1. The summed E-state index contributed by atoms with van der Waals surface area (Å²) in [6, 6.07) is 0. The molecule has 0 saturated carbocycles. The third-order valence-corrected chi connectivity index (χ3v) is 12.0. The maximum atomic E-state index is 12.3. The number of aromatic nitrogens is 1. The van der Waals surface area contributed by atoms with Crippen LogP contribution in [-0.2, 0) is 23.5 Å². The van der Waals surface area contributed by atoms with E-state index in [1.54, 1.807) is 27.0 Å². The fourth-order valence-corrected chi connectivity index (χ4v) is 6.52. The number of amides is 1. The predicted molar refractivity (Wildman–Crippen MR) is 127 cm³/mol. The molecule has 31 heavy (non-hydrogen) atoms. The van der Waals surface area contributed by atoms with E-state index in [9.17, 15) is 18.3 Å². The summed E-state index contributed by atoms with van der Waals surface area (Å²) < 4.78 is 34.2. The fraction of sp³-hybridized carbons (Fsp3) is 0.800. The van der Waals surface area contributed by atoms with Gasteiger partial charge in [0, 0.05) is 11.6 Å². The van der Waals surface area contributed by atoms with Crippen molar-refractivity contribution in [3.05, 3.63) is 11.1 Å². The van der Waals surface area contributed by atoms with Crippen molar-refractivity contribution in [1.29, 1.82) is 0 Å². The Labute approximate surface area is 192 Å². The Balaban J connectivity index is 3.24. The van der Waals surface area contributed by atoms with E-state index < -0.39 is 42.7 Å². The van der Waals surface area contributed by atoms with Crippen LogP contribution in [0.1, 0.15) is 59.4 Å². The molecule has 1 rings (SSSR count). The predicted octanol–water partition coefficient (Wildman–Crippen LogP) is 4.16. The fourth-order valence-electron chi connectivity index (χ4n) is 2.53. The molecule has 0 aliphatic heterocycles. The van der Waals surface area contributed by atoms with Gasteiger partial charge in [0.1, 0.15) is 12.2 Å². The van der Waals surface area contributed by atoms with Crippen molar-refractivity contribution in [2.45, 2.75) is 78.8 Å². The topological polar surface area (TPSA) is 115 Å². The first kappa shape index (κ1) is 28.2. The maximum Gasteiger partial charge on any atom is 0.264 e. The van der Waals surface area contributed by atoms with Crippen LogP contribution in [0.15, 0.2) is 6.20 Å². The number of thiazole rings is 1. The highest BCUT2D eigenvalue weighted by Crippen LogP contribution is 2.47. The lowest BCUT2D eigenvalue weighted by Crippen LogP contribution is -2.48. The van der Waals surface area contributed by atoms with E-state index in [2.05, 4.69) is 51.1 Å². The van der Waals surface area contributed by atoms with Gasteiger partial charge in [-0.2, -0.15) is 8.42 Å². The molecule has 0 unspecified atom stereocenters. The van der Waals surface area contributed by atoms with Gasteiger partial charge in [-0.3, -0.25) is 8.98 Å². The first-order valence-corrected chi connectivity index (χ1v) is 15.8. The van der Waals surface area contributed by atoms with E-state index in [1.807, 2.05) is 0 Å². The summed E-state index contributed by atoms with van der Waals surface area (Å²) in [6.07, 6.45) is 0.419. The van der Waals surface area contributed by atoms with Crippen LogP contribution in [0.2, 0.25) is 18.1 Å². The third kappa shape index (κ3) is 7.90. The molecule has 0 bridgehead atoms. The molecule has 1 heterocycles. The minimum atomic E-state index is -3.72. The SMILES string of the molecule is CC(C)C(C)(C)[Si](C)(C)O[C@@H](c1cnc(NC(=O)C(C)(C)C)s1)[C@H](O)COS(C)(=O)=O. The quantitative estimate of drug-likeness (QED) is 0.371. The van der Waals surface area contributed by atoms with Gasteiger partial charge in [0.25, 0.3) is 10.1 Å². The molecule has 2 N–H and O–H groups in total. The van der Waals surface area contributed by atoms with E-state index >= 15 is 0 Å². The van der Waals surface area contributed by atoms with E-state index in [0.717, 1.165) is 6.26 Å². The molecule has 1 amide bonds. The molecule has 0 aliphatic rings. The van der Waals surface area contributed by atoms with Gasteiger partial charge in [0.15, 0.2) is 13.4 Å². The molecule has 0 radical (unpaired) electrons. The zero-order valence-corrected chi connectivity index (χ0v) is 22.9. The summed E-state index contributed by atoms with van der Waals surface area (Å²) in [7, 11) is -6.12. The number of carbonyl (C=O) groups is 1. The van der Waals surface area contributed by atoms with Crippen molar-refractivity contribution < 1.29 is 26.9 Å². The molecule has 0 spiro atoms. The lowest BCUT2D eigenvalue weighted by Gasteiger charge is -2.44. The lowest BCUT2D eigenvalue weighted by molar-refractivity contribution is -0.123. The molecule has 0 aromatic carbocycles. The van der Waals surface area contributed by atoms with Gasteiger partial charge in [0.05, 0.1) is 17.7 Å². The minimum absolute atomic E-state index is 0.128. The van der Waals surface area contributed by atoms with Crippen LogP contribution in [0.3, 0.4) is 0 Å². The monoisotopic (exact) mass is 494 g/mol. The summed E-state index contributed by atoms with van der Waals surface area (Å²) in [6.45, 7) is 17.7. The summed E-state index contributed by atoms with van der Waals surface area (Å²) >= 11 is 1.20. The second-order valence-electron chi connectivity index (χ2n) is 10.3. The molecule has 0 saturated heterocycles. The normalized spacial score (nSPS) is 15.7. The highest BCUT2D eigenvalue weighted by molar-refractivity contribution is 7.85. The Hall–Kier alpha value is -0.853. The van der Waals surface area contributed by atoms with E-state index in [1.165, 1.54) is 11.3 Å². The molecular formula is C20H38N2O6S2Si. The highest BCUT2D eigenvalue weighted by atomic mass is 32.2. The number of nitrogens with zero attached hydrogens (tertiary/aromatic N) is 1. The van der Waals surface area contributed by atoms with Crippen molar-refractivity contribution in [3.8, 4) is 0 Å². The molecule has 11 heteroatoms. The van der Waals surface area contributed by atoms with Crippen LogP contribution in [0.25, 0.3) is 0 Å². The van der Waals surface area contributed by atoms with Crippen LogP contribution < -0.4 is 5.32 Å². The van der Waals surface area contributed by atoms with Gasteiger partial charge in [-0.15, -0.1) is 0 Å². The van der Waals surface area contributed by atoms with E-state index in [-0.39, 0.29) is 10.9 Å². The average molecular weight is 495 g/mol. The molecule has 180 valence electrons. The van der Waals surface area contributed by atoms with Crippen molar-refractivity contribution in [2.24, 2.45) is 11.3 Å². The molecule has 2 atom stereocenters. The molecule has 1 aromatic rings. The van der Waals surface area contributed by atoms with E-state index in [4.69, 9.17) is 8.61 Å². The van der Waals surface area contributed by atoms with Crippen LogP contribution >= 0.6 is 11.3 Å². The van der Waals surface area contributed by atoms with Gasteiger partial charge in [-0.05, 0) is 24.1 Å². The molecule has 1 aromatic heterocycles. The minimum Gasteiger partial charge on any atom is -0.406 e. The van der Waals surface area contributed by atoms with Crippen LogP contribution in [0.4, 0.5) is 5.13 Å². The van der Waals surface area contributed by atoms with Crippen molar-refractivity contribution in [3.63, 3.8) is 0 Å². The number of nitrogens with one attached hydrogen (secondary N) is 1. The summed E-state index contributed by atoms with van der Waals surface area (Å²) in [5.41, 5.74) is -0.583. The summed E-state index contributed by atoms with van der Waals surface area (Å²) in [5, 5.41) is 13.9.